The highest BCUT2D eigenvalue weighted by molar-refractivity contribution is 5.77. The topological polar surface area (TPSA) is 99.9 Å². The van der Waals surface area contributed by atoms with Gasteiger partial charge in [-0.05, 0) is 41.3 Å². The Morgan fingerprint density at radius 3 is 2.51 bits per heavy atom. The van der Waals surface area contributed by atoms with Gasteiger partial charge in [-0.25, -0.2) is 0 Å². The SMILES string of the molecule is COc1cccc(-c2nnc3ccc(OCCNC(=O)COc4ccc(C(C)(C)C)cc4)nn23)c1. The zero-order chi connectivity index (χ0) is 24.8. The highest BCUT2D eigenvalue weighted by atomic mass is 16.5. The van der Waals surface area contributed by atoms with E-state index in [0.717, 1.165) is 5.56 Å². The number of fused-ring (bicyclic) bond motifs is 1. The van der Waals surface area contributed by atoms with Gasteiger partial charge in [0.1, 0.15) is 18.1 Å². The number of nitrogens with one attached hydrogen (secondary N) is 1. The molecule has 0 aliphatic carbocycles. The molecular weight excluding hydrogens is 446 g/mol. The van der Waals surface area contributed by atoms with Gasteiger partial charge in [0.15, 0.2) is 18.1 Å². The van der Waals surface area contributed by atoms with Gasteiger partial charge in [0, 0.05) is 11.6 Å². The summed E-state index contributed by atoms with van der Waals surface area (Å²) in [4.78, 5) is 12.1. The second-order valence-corrected chi connectivity index (χ2v) is 8.96. The zero-order valence-corrected chi connectivity index (χ0v) is 20.3. The lowest BCUT2D eigenvalue weighted by molar-refractivity contribution is -0.123. The number of methoxy groups -OCH3 is 1. The Labute approximate surface area is 204 Å². The summed E-state index contributed by atoms with van der Waals surface area (Å²) in [6.07, 6.45) is 0. The number of ether oxygens (including phenoxy) is 3. The molecule has 0 unspecified atom stereocenters. The van der Waals surface area contributed by atoms with E-state index in [1.54, 1.807) is 23.8 Å². The summed E-state index contributed by atoms with van der Waals surface area (Å²) in [7, 11) is 1.61. The van der Waals surface area contributed by atoms with E-state index in [9.17, 15) is 4.79 Å². The molecule has 0 atom stereocenters. The first kappa shape index (κ1) is 24.0. The minimum absolute atomic E-state index is 0.0658. The summed E-state index contributed by atoms with van der Waals surface area (Å²) >= 11 is 0. The molecule has 1 amide bonds. The van der Waals surface area contributed by atoms with Crippen LogP contribution in [-0.4, -0.2) is 52.6 Å². The number of benzene rings is 2. The normalized spacial score (nSPS) is 11.3. The smallest absolute Gasteiger partial charge is 0.258 e. The van der Waals surface area contributed by atoms with E-state index in [-0.39, 0.29) is 24.5 Å². The van der Waals surface area contributed by atoms with Crippen molar-refractivity contribution in [2.24, 2.45) is 0 Å². The summed E-state index contributed by atoms with van der Waals surface area (Å²) in [5.41, 5.74) is 2.69. The Hall–Kier alpha value is -4.14. The van der Waals surface area contributed by atoms with Crippen molar-refractivity contribution in [2.45, 2.75) is 26.2 Å². The van der Waals surface area contributed by atoms with Gasteiger partial charge in [-0.3, -0.25) is 4.79 Å². The molecule has 0 saturated heterocycles. The predicted molar refractivity (Wildman–Crippen MR) is 132 cm³/mol. The minimum Gasteiger partial charge on any atom is -0.497 e. The molecule has 2 aromatic heterocycles. The van der Waals surface area contributed by atoms with E-state index in [1.807, 2.05) is 48.5 Å². The fourth-order valence-electron chi connectivity index (χ4n) is 3.39. The molecule has 4 rings (SSSR count). The van der Waals surface area contributed by atoms with Gasteiger partial charge in [0.2, 0.25) is 5.88 Å². The van der Waals surface area contributed by atoms with Crippen LogP contribution < -0.4 is 19.5 Å². The molecule has 9 heteroatoms. The Bertz CT molecular complexity index is 1300. The Balaban J connectivity index is 1.27. The molecular formula is C26H29N5O4. The second kappa shape index (κ2) is 10.4. The molecule has 0 aliphatic rings. The molecule has 0 saturated carbocycles. The third-order valence-electron chi connectivity index (χ3n) is 5.33. The Morgan fingerprint density at radius 1 is 0.971 bits per heavy atom. The maximum atomic E-state index is 12.1. The summed E-state index contributed by atoms with van der Waals surface area (Å²) < 4.78 is 18.2. The Kier molecular flexibility index (Phi) is 7.14. The molecule has 4 aromatic rings. The van der Waals surface area contributed by atoms with Crippen LogP contribution in [-0.2, 0) is 10.2 Å². The highest BCUT2D eigenvalue weighted by Gasteiger charge is 2.14. The third kappa shape index (κ3) is 6.06. The average molecular weight is 476 g/mol. The molecule has 35 heavy (non-hydrogen) atoms. The monoisotopic (exact) mass is 475 g/mol. The van der Waals surface area contributed by atoms with E-state index >= 15 is 0 Å². The first-order valence-corrected chi connectivity index (χ1v) is 11.3. The van der Waals surface area contributed by atoms with Gasteiger partial charge < -0.3 is 19.5 Å². The summed E-state index contributed by atoms with van der Waals surface area (Å²) in [6.45, 7) is 6.95. The van der Waals surface area contributed by atoms with Crippen LogP contribution in [0.15, 0.2) is 60.7 Å². The maximum absolute atomic E-state index is 12.1. The van der Waals surface area contributed by atoms with Crippen LogP contribution in [0.1, 0.15) is 26.3 Å². The van der Waals surface area contributed by atoms with Crippen LogP contribution in [0.25, 0.3) is 17.0 Å². The van der Waals surface area contributed by atoms with E-state index in [1.165, 1.54) is 5.56 Å². The number of rotatable bonds is 9. The molecule has 2 heterocycles. The van der Waals surface area contributed by atoms with Crippen molar-refractivity contribution >= 4 is 11.6 Å². The van der Waals surface area contributed by atoms with Gasteiger partial charge in [0.05, 0.1) is 13.7 Å². The van der Waals surface area contributed by atoms with Crippen LogP contribution in [0, 0.1) is 0 Å². The number of nitrogens with zero attached hydrogens (tertiary/aromatic N) is 4. The lowest BCUT2D eigenvalue weighted by Gasteiger charge is -2.19. The summed E-state index contributed by atoms with van der Waals surface area (Å²) in [6, 6.07) is 18.8. The molecule has 9 nitrogen and oxygen atoms in total. The van der Waals surface area contributed by atoms with Crippen LogP contribution in [0.4, 0.5) is 0 Å². The zero-order valence-electron chi connectivity index (χ0n) is 20.3. The van der Waals surface area contributed by atoms with Crippen molar-refractivity contribution in [2.75, 3.05) is 26.9 Å². The first-order valence-electron chi connectivity index (χ1n) is 11.3. The molecule has 182 valence electrons. The van der Waals surface area contributed by atoms with Gasteiger partial charge in [-0.15, -0.1) is 15.3 Å². The van der Waals surface area contributed by atoms with Gasteiger partial charge in [-0.2, -0.15) is 4.52 Å². The number of carbonyl (C=O) groups is 1. The van der Waals surface area contributed by atoms with E-state index < -0.39 is 0 Å². The Morgan fingerprint density at radius 2 is 1.77 bits per heavy atom. The number of carbonyl (C=O) groups excluding carboxylic acids is 1. The van der Waals surface area contributed by atoms with Crippen LogP contribution in [0.5, 0.6) is 17.4 Å². The molecule has 0 bridgehead atoms. The number of hydrogen-bond acceptors (Lipinski definition) is 7. The lowest BCUT2D eigenvalue weighted by atomic mass is 9.87. The molecule has 0 radical (unpaired) electrons. The minimum atomic E-state index is -0.226. The number of amides is 1. The molecule has 0 fully saturated rings. The summed E-state index contributed by atoms with van der Waals surface area (Å²) in [5.74, 6) is 2.11. The van der Waals surface area contributed by atoms with Gasteiger partial charge in [0.25, 0.3) is 5.91 Å². The van der Waals surface area contributed by atoms with Crippen molar-refractivity contribution in [3.05, 3.63) is 66.2 Å². The van der Waals surface area contributed by atoms with Gasteiger partial charge >= 0.3 is 0 Å². The van der Waals surface area contributed by atoms with E-state index in [4.69, 9.17) is 14.2 Å². The van der Waals surface area contributed by atoms with Gasteiger partial charge in [-0.1, -0.05) is 45.0 Å². The van der Waals surface area contributed by atoms with E-state index in [2.05, 4.69) is 41.4 Å². The van der Waals surface area contributed by atoms with Crippen LogP contribution in [0.2, 0.25) is 0 Å². The number of hydrogen-bond donors (Lipinski definition) is 1. The fraction of sp³-hybridized carbons (Fsp3) is 0.308. The predicted octanol–water partition coefficient (Wildman–Crippen LogP) is 3.67. The third-order valence-corrected chi connectivity index (χ3v) is 5.33. The van der Waals surface area contributed by atoms with Crippen molar-refractivity contribution in [3.8, 4) is 28.8 Å². The number of aromatic nitrogens is 4. The van der Waals surface area contributed by atoms with Crippen LogP contribution in [0.3, 0.4) is 0 Å². The highest BCUT2D eigenvalue weighted by Crippen LogP contribution is 2.24. The maximum Gasteiger partial charge on any atom is 0.258 e. The van der Waals surface area contributed by atoms with Crippen molar-refractivity contribution in [1.82, 2.24) is 25.1 Å². The first-order chi connectivity index (χ1) is 16.8. The second-order valence-electron chi connectivity index (χ2n) is 8.96. The quantitative estimate of drug-likeness (QED) is 0.369. The van der Waals surface area contributed by atoms with Crippen LogP contribution >= 0.6 is 0 Å². The molecule has 2 aromatic carbocycles. The standard InChI is InChI=1S/C26H29N5O4/c1-26(2,3)19-8-10-20(11-9-19)35-17-23(32)27-14-15-34-24-13-12-22-28-29-25(31(22)30-24)18-6-5-7-21(16-18)33-4/h5-13,16H,14-15,17H2,1-4H3,(H,27,32). The largest absolute Gasteiger partial charge is 0.497 e. The fourth-order valence-corrected chi connectivity index (χ4v) is 3.39. The molecule has 0 aliphatic heterocycles. The molecule has 1 N–H and O–H groups in total. The molecule has 0 spiro atoms. The van der Waals surface area contributed by atoms with Crippen molar-refractivity contribution in [3.63, 3.8) is 0 Å². The summed E-state index contributed by atoms with van der Waals surface area (Å²) in [5, 5.41) is 15.6. The average Bonchev–Trinajstić information content (AvgIpc) is 3.28. The van der Waals surface area contributed by atoms with E-state index in [0.29, 0.717) is 35.4 Å². The lowest BCUT2D eigenvalue weighted by Crippen LogP contribution is -2.32. The van der Waals surface area contributed by atoms with Crippen molar-refractivity contribution in [1.29, 1.82) is 0 Å². The van der Waals surface area contributed by atoms with Crippen molar-refractivity contribution < 1.29 is 19.0 Å².